The Bertz CT molecular complexity index is 715. The molecular weight excluding hydrogens is 300 g/mol. The molecule has 1 amide bonds. The predicted octanol–water partition coefficient (Wildman–Crippen LogP) is 3.39. The topological polar surface area (TPSA) is 55.1 Å². The molecule has 0 aliphatic heterocycles. The van der Waals surface area contributed by atoms with Crippen LogP contribution < -0.4 is 11.1 Å². The van der Waals surface area contributed by atoms with Crippen molar-refractivity contribution in [3.05, 3.63) is 57.8 Å². The summed E-state index contributed by atoms with van der Waals surface area (Å²) >= 11 is 3.21. The highest BCUT2D eigenvalue weighted by Crippen LogP contribution is 2.29. The van der Waals surface area contributed by atoms with E-state index in [1.54, 1.807) is 22.7 Å². The summed E-state index contributed by atoms with van der Waals surface area (Å²) in [5.74, 6) is -0.00515. The van der Waals surface area contributed by atoms with E-state index >= 15 is 0 Å². The molecule has 2 heterocycles. The molecule has 3 nitrogen and oxygen atoms in total. The van der Waals surface area contributed by atoms with Gasteiger partial charge in [0.1, 0.15) is 0 Å². The second-order valence-electron chi connectivity index (χ2n) is 4.80. The minimum atomic E-state index is -0.00515. The summed E-state index contributed by atoms with van der Waals surface area (Å²) in [5, 5.41) is 5.02. The molecule has 3 rings (SSSR count). The van der Waals surface area contributed by atoms with Gasteiger partial charge in [-0.1, -0.05) is 24.3 Å². The largest absolute Gasteiger partial charge is 0.347 e. The maximum atomic E-state index is 12.1. The van der Waals surface area contributed by atoms with Gasteiger partial charge in [-0.2, -0.15) is 0 Å². The van der Waals surface area contributed by atoms with E-state index in [9.17, 15) is 4.79 Å². The number of fused-ring (bicyclic) bond motifs is 1. The Balaban J connectivity index is 1.61. The Morgan fingerprint density at radius 3 is 2.57 bits per heavy atom. The smallest absolute Gasteiger partial charge is 0.261 e. The zero-order valence-corrected chi connectivity index (χ0v) is 13.1. The van der Waals surface area contributed by atoms with Crippen molar-refractivity contribution in [2.24, 2.45) is 5.73 Å². The van der Waals surface area contributed by atoms with Gasteiger partial charge in [0.25, 0.3) is 5.91 Å². The van der Waals surface area contributed by atoms with Crippen molar-refractivity contribution in [3.8, 4) is 0 Å². The van der Waals surface area contributed by atoms with Crippen LogP contribution in [0.25, 0.3) is 9.40 Å². The summed E-state index contributed by atoms with van der Waals surface area (Å²) in [4.78, 5) is 12.9. The van der Waals surface area contributed by atoms with Crippen molar-refractivity contribution in [3.63, 3.8) is 0 Å². The molecule has 21 heavy (non-hydrogen) atoms. The lowest BCUT2D eigenvalue weighted by atomic mass is 10.1. The second-order valence-corrected chi connectivity index (χ2v) is 6.83. The van der Waals surface area contributed by atoms with E-state index in [1.165, 1.54) is 15.0 Å². The maximum absolute atomic E-state index is 12.1. The van der Waals surface area contributed by atoms with Crippen molar-refractivity contribution in [1.82, 2.24) is 5.32 Å². The molecule has 3 N–H and O–H groups in total. The molecular formula is C16H16N2OS2. The highest BCUT2D eigenvalue weighted by Gasteiger charge is 2.10. The number of amides is 1. The highest BCUT2D eigenvalue weighted by atomic mass is 32.1. The van der Waals surface area contributed by atoms with Gasteiger partial charge in [-0.15, -0.1) is 22.7 Å². The third-order valence-corrected chi connectivity index (χ3v) is 5.36. The van der Waals surface area contributed by atoms with Crippen LogP contribution in [0.2, 0.25) is 0 Å². The predicted molar refractivity (Wildman–Crippen MR) is 90.1 cm³/mol. The summed E-state index contributed by atoms with van der Waals surface area (Å²) < 4.78 is 2.35. The van der Waals surface area contributed by atoms with Crippen molar-refractivity contribution in [2.75, 3.05) is 6.54 Å². The number of nitrogens with one attached hydrogen (secondary N) is 1. The van der Waals surface area contributed by atoms with Crippen LogP contribution in [-0.4, -0.2) is 12.5 Å². The fourth-order valence-corrected chi connectivity index (χ4v) is 4.16. The van der Waals surface area contributed by atoms with Gasteiger partial charge >= 0.3 is 0 Å². The lowest BCUT2D eigenvalue weighted by Gasteiger charge is -2.05. The monoisotopic (exact) mass is 316 g/mol. The molecule has 0 unspecified atom stereocenters. The molecule has 0 spiro atoms. The van der Waals surface area contributed by atoms with Crippen molar-refractivity contribution in [1.29, 1.82) is 0 Å². The molecule has 0 atom stereocenters. The summed E-state index contributed by atoms with van der Waals surface area (Å²) in [5.41, 5.74) is 7.86. The average molecular weight is 316 g/mol. The Morgan fingerprint density at radius 1 is 1.10 bits per heavy atom. The van der Waals surface area contributed by atoms with Gasteiger partial charge in [0.05, 0.1) is 4.88 Å². The standard InChI is InChI=1S/C16H16N2OS2/c17-7-5-11-1-3-12(4-2-11)10-18-16(19)15-9-14-13(21-15)6-8-20-14/h1-4,6,8-9H,5,7,10,17H2,(H,18,19). The third-order valence-electron chi connectivity index (χ3n) is 3.27. The molecule has 1 aromatic carbocycles. The lowest BCUT2D eigenvalue weighted by molar-refractivity contribution is 0.0955. The molecule has 5 heteroatoms. The van der Waals surface area contributed by atoms with Crippen molar-refractivity contribution < 1.29 is 4.79 Å². The molecule has 108 valence electrons. The van der Waals surface area contributed by atoms with E-state index in [-0.39, 0.29) is 5.91 Å². The van der Waals surface area contributed by atoms with Crippen molar-refractivity contribution in [2.45, 2.75) is 13.0 Å². The number of hydrogen-bond acceptors (Lipinski definition) is 4. The lowest BCUT2D eigenvalue weighted by Crippen LogP contribution is -2.21. The van der Waals surface area contributed by atoms with Crippen LogP contribution in [0, 0.1) is 0 Å². The summed E-state index contributed by atoms with van der Waals surface area (Å²) in [7, 11) is 0. The Kier molecular flexibility index (Phi) is 4.34. The fraction of sp³-hybridized carbons (Fsp3) is 0.188. The van der Waals surface area contributed by atoms with Gasteiger partial charge in [0, 0.05) is 15.9 Å². The van der Waals surface area contributed by atoms with E-state index in [2.05, 4.69) is 23.5 Å². The number of rotatable bonds is 5. The van der Waals surface area contributed by atoms with E-state index in [1.807, 2.05) is 23.6 Å². The summed E-state index contributed by atoms with van der Waals surface area (Å²) in [6.45, 7) is 1.21. The normalized spacial score (nSPS) is 10.9. The van der Waals surface area contributed by atoms with Crippen LogP contribution in [0.1, 0.15) is 20.8 Å². The van der Waals surface area contributed by atoms with Crippen LogP contribution >= 0.6 is 22.7 Å². The van der Waals surface area contributed by atoms with Gasteiger partial charge in [0.15, 0.2) is 0 Å². The van der Waals surface area contributed by atoms with Crippen LogP contribution in [0.4, 0.5) is 0 Å². The number of carbonyl (C=O) groups is 1. The minimum absolute atomic E-state index is 0.00515. The van der Waals surface area contributed by atoms with Crippen LogP contribution in [0.5, 0.6) is 0 Å². The molecule has 3 aromatic rings. The minimum Gasteiger partial charge on any atom is -0.347 e. The Hall–Kier alpha value is -1.69. The SMILES string of the molecule is NCCc1ccc(CNC(=O)c2cc3sccc3s2)cc1. The van der Waals surface area contributed by atoms with E-state index in [4.69, 9.17) is 5.73 Å². The van der Waals surface area contributed by atoms with E-state index in [0.717, 1.165) is 16.9 Å². The van der Waals surface area contributed by atoms with Gasteiger partial charge in [0.2, 0.25) is 0 Å². The van der Waals surface area contributed by atoms with E-state index < -0.39 is 0 Å². The van der Waals surface area contributed by atoms with Crippen LogP contribution in [0.15, 0.2) is 41.8 Å². The molecule has 0 saturated heterocycles. The van der Waals surface area contributed by atoms with Gasteiger partial charge < -0.3 is 11.1 Å². The number of nitrogens with two attached hydrogens (primary N) is 1. The molecule has 0 aliphatic rings. The number of benzene rings is 1. The number of hydrogen-bond donors (Lipinski definition) is 2. The summed E-state index contributed by atoms with van der Waals surface area (Å²) in [6.07, 6.45) is 0.887. The van der Waals surface area contributed by atoms with Crippen molar-refractivity contribution >= 4 is 38.0 Å². The van der Waals surface area contributed by atoms with E-state index in [0.29, 0.717) is 13.1 Å². The Morgan fingerprint density at radius 2 is 1.86 bits per heavy atom. The molecule has 0 saturated carbocycles. The second kappa shape index (κ2) is 6.39. The summed E-state index contributed by atoms with van der Waals surface area (Å²) in [6, 6.07) is 12.2. The highest BCUT2D eigenvalue weighted by molar-refractivity contribution is 7.27. The van der Waals surface area contributed by atoms with Crippen LogP contribution in [-0.2, 0) is 13.0 Å². The van der Waals surface area contributed by atoms with Gasteiger partial charge in [-0.05, 0) is 41.6 Å². The first-order chi connectivity index (χ1) is 10.3. The number of thiophene rings is 2. The first kappa shape index (κ1) is 14.3. The molecule has 2 aromatic heterocycles. The first-order valence-corrected chi connectivity index (χ1v) is 8.49. The Labute approximate surface area is 131 Å². The molecule has 0 fully saturated rings. The maximum Gasteiger partial charge on any atom is 0.261 e. The zero-order valence-electron chi connectivity index (χ0n) is 11.5. The first-order valence-electron chi connectivity index (χ1n) is 6.79. The van der Waals surface area contributed by atoms with Gasteiger partial charge in [-0.3, -0.25) is 4.79 Å². The average Bonchev–Trinajstić information content (AvgIpc) is 3.08. The van der Waals surface area contributed by atoms with Crippen LogP contribution in [0.3, 0.4) is 0 Å². The molecule has 0 aliphatic carbocycles. The third kappa shape index (κ3) is 3.32. The molecule has 0 bridgehead atoms. The quantitative estimate of drug-likeness (QED) is 0.758. The molecule has 0 radical (unpaired) electrons. The zero-order chi connectivity index (χ0) is 14.7. The fourth-order valence-electron chi connectivity index (χ4n) is 2.14. The van der Waals surface area contributed by atoms with Gasteiger partial charge in [-0.25, -0.2) is 0 Å². The number of carbonyl (C=O) groups excluding carboxylic acids is 1.